The van der Waals surface area contributed by atoms with E-state index < -0.39 is 5.97 Å². The molecule has 0 bridgehead atoms. The maximum Gasteiger partial charge on any atom is 0.338 e. The number of benzene rings is 1. The Hall–Kier alpha value is -3.15. The molecule has 2 heterocycles. The highest BCUT2D eigenvalue weighted by molar-refractivity contribution is 6.00. The lowest BCUT2D eigenvalue weighted by Gasteiger charge is -2.06. The molecule has 0 amide bonds. The highest BCUT2D eigenvalue weighted by atomic mass is 16.5. The highest BCUT2D eigenvalue weighted by Gasteiger charge is 2.19. The number of nitrogens with zero attached hydrogens (tertiary/aromatic N) is 2. The number of carbonyl (C=O) groups excluding carboxylic acids is 2. The summed E-state index contributed by atoms with van der Waals surface area (Å²) in [5.74, 6) is 0.527. The van der Waals surface area contributed by atoms with E-state index in [1.807, 2.05) is 24.5 Å². The summed E-state index contributed by atoms with van der Waals surface area (Å²) in [5, 5.41) is 3.99. The first-order valence-corrected chi connectivity index (χ1v) is 7.85. The normalized spacial score (nSPS) is 10.7. The quantitative estimate of drug-likeness (QED) is 0.526. The number of aryl methyl sites for hydroxylation is 2. The number of carbonyl (C=O) groups is 2. The van der Waals surface area contributed by atoms with Crippen LogP contribution in [0.15, 0.2) is 47.0 Å². The zero-order valence-electron chi connectivity index (χ0n) is 14.3. The number of hydrogen-bond acceptors (Lipinski definition) is 5. The second kappa shape index (κ2) is 6.76. The molecule has 0 N–H and O–H groups in total. The first-order chi connectivity index (χ1) is 12.0. The second-order valence-electron chi connectivity index (χ2n) is 5.78. The highest BCUT2D eigenvalue weighted by Crippen LogP contribution is 2.21. The number of ether oxygens (including phenoxy) is 1. The molecular weight excluding hydrogens is 320 g/mol. The average molecular weight is 338 g/mol. The van der Waals surface area contributed by atoms with Gasteiger partial charge in [-0.25, -0.2) is 4.79 Å². The summed E-state index contributed by atoms with van der Waals surface area (Å²) in [5.41, 5.74) is 2.49. The number of esters is 1. The first-order valence-electron chi connectivity index (χ1n) is 7.85. The fourth-order valence-corrected chi connectivity index (χ4v) is 2.72. The largest absolute Gasteiger partial charge is 0.454 e. The van der Waals surface area contributed by atoms with E-state index in [9.17, 15) is 9.59 Å². The Bertz CT molecular complexity index is 922. The van der Waals surface area contributed by atoms with Gasteiger partial charge in [0.25, 0.3) is 0 Å². The van der Waals surface area contributed by atoms with Gasteiger partial charge in [0.05, 0.1) is 5.56 Å². The molecule has 0 fully saturated rings. The summed E-state index contributed by atoms with van der Waals surface area (Å²) in [4.78, 5) is 24.4. The standard InChI is InChI=1S/C19H18N2O4/c1-12-9-16(14(3)21(12)18-10-13(2)25-20-18)17(22)11-24-19(23)15-7-5-4-6-8-15/h4-10H,11H2,1-3H3. The van der Waals surface area contributed by atoms with Crippen molar-refractivity contribution in [1.82, 2.24) is 9.72 Å². The molecule has 0 spiro atoms. The van der Waals surface area contributed by atoms with Gasteiger partial charge in [0, 0.05) is 23.0 Å². The van der Waals surface area contributed by atoms with Crippen LogP contribution >= 0.6 is 0 Å². The Kier molecular flexibility index (Phi) is 4.52. The Balaban J connectivity index is 1.76. The van der Waals surface area contributed by atoms with Crippen LogP contribution in [0.2, 0.25) is 0 Å². The Morgan fingerprint density at radius 3 is 2.48 bits per heavy atom. The smallest absolute Gasteiger partial charge is 0.338 e. The van der Waals surface area contributed by atoms with Crippen LogP contribution in [-0.4, -0.2) is 28.1 Å². The summed E-state index contributed by atoms with van der Waals surface area (Å²) in [6.45, 7) is 5.20. The maximum atomic E-state index is 12.5. The molecule has 0 saturated heterocycles. The summed E-state index contributed by atoms with van der Waals surface area (Å²) >= 11 is 0. The Morgan fingerprint density at radius 2 is 1.84 bits per heavy atom. The molecule has 0 radical (unpaired) electrons. The average Bonchev–Trinajstić information content (AvgIpc) is 3.15. The fourth-order valence-electron chi connectivity index (χ4n) is 2.72. The van der Waals surface area contributed by atoms with Gasteiger partial charge in [-0.15, -0.1) is 0 Å². The van der Waals surface area contributed by atoms with Gasteiger partial charge >= 0.3 is 5.97 Å². The van der Waals surface area contributed by atoms with Crippen LogP contribution in [-0.2, 0) is 4.74 Å². The van der Waals surface area contributed by atoms with E-state index in [0.717, 1.165) is 11.4 Å². The van der Waals surface area contributed by atoms with Crippen molar-refractivity contribution in [2.75, 3.05) is 6.61 Å². The summed E-state index contributed by atoms with van der Waals surface area (Å²) in [6.07, 6.45) is 0. The fraction of sp³-hybridized carbons (Fsp3) is 0.211. The van der Waals surface area contributed by atoms with Gasteiger partial charge in [-0.1, -0.05) is 23.4 Å². The number of aromatic nitrogens is 2. The molecule has 0 aliphatic heterocycles. The molecule has 3 rings (SSSR count). The van der Waals surface area contributed by atoms with Gasteiger partial charge in [0.2, 0.25) is 5.78 Å². The van der Waals surface area contributed by atoms with Gasteiger partial charge in [0.1, 0.15) is 5.76 Å². The molecule has 6 heteroatoms. The lowest BCUT2D eigenvalue weighted by molar-refractivity contribution is 0.0474. The second-order valence-corrected chi connectivity index (χ2v) is 5.78. The Morgan fingerprint density at radius 1 is 1.12 bits per heavy atom. The molecular formula is C19H18N2O4. The minimum Gasteiger partial charge on any atom is -0.454 e. The summed E-state index contributed by atoms with van der Waals surface area (Å²) < 4.78 is 12.1. The first kappa shape index (κ1) is 16.7. The van der Waals surface area contributed by atoms with E-state index in [-0.39, 0.29) is 12.4 Å². The van der Waals surface area contributed by atoms with Gasteiger partial charge in [-0.05, 0) is 39.0 Å². The third kappa shape index (κ3) is 3.38. The maximum absolute atomic E-state index is 12.5. The van der Waals surface area contributed by atoms with Crippen molar-refractivity contribution in [3.63, 3.8) is 0 Å². The molecule has 128 valence electrons. The number of ketones is 1. The van der Waals surface area contributed by atoms with Gasteiger partial charge in [-0.2, -0.15) is 0 Å². The lowest BCUT2D eigenvalue weighted by Crippen LogP contribution is -2.15. The van der Waals surface area contributed by atoms with Crippen LogP contribution < -0.4 is 0 Å². The topological polar surface area (TPSA) is 74.3 Å². The van der Waals surface area contributed by atoms with Crippen LogP contribution in [0.5, 0.6) is 0 Å². The predicted octanol–water partition coefficient (Wildman–Crippen LogP) is 3.43. The third-order valence-corrected chi connectivity index (χ3v) is 3.92. The van der Waals surface area contributed by atoms with E-state index in [4.69, 9.17) is 9.26 Å². The summed E-state index contributed by atoms with van der Waals surface area (Å²) in [7, 11) is 0. The molecule has 0 saturated carbocycles. The van der Waals surface area contributed by atoms with E-state index in [2.05, 4.69) is 5.16 Å². The monoisotopic (exact) mass is 338 g/mol. The molecule has 0 atom stereocenters. The minimum absolute atomic E-state index is 0.260. The number of rotatable bonds is 5. The minimum atomic E-state index is -0.519. The third-order valence-electron chi connectivity index (χ3n) is 3.92. The van der Waals surface area contributed by atoms with Crippen molar-refractivity contribution in [3.8, 4) is 5.82 Å². The van der Waals surface area contributed by atoms with Gasteiger partial charge in [-0.3, -0.25) is 9.36 Å². The van der Waals surface area contributed by atoms with Crippen molar-refractivity contribution in [2.45, 2.75) is 20.8 Å². The van der Waals surface area contributed by atoms with Crippen LogP contribution in [0.4, 0.5) is 0 Å². The zero-order chi connectivity index (χ0) is 18.0. The van der Waals surface area contributed by atoms with Crippen molar-refractivity contribution >= 4 is 11.8 Å². The SMILES string of the molecule is Cc1cc(-n2c(C)cc(C(=O)COC(=O)c3ccccc3)c2C)no1. The molecule has 0 unspecified atom stereocenters. The molecule has 25 heavy (non-hydrogen) atoms. The number of Topliss-reactive ketones (excluding diaryl/α,β-unsaturated/α-hetero) is 1. The van der Waals surface area contributed by atoms with Crippen LogP contribution in [0.3, 0.4) is 0 Å². The van der Waals surface area contributed by atoms with Gasteiger partial charge < -0.3 is 9.26 Å². The zero-order valence-corrected chi connectivity index (χ0v) is 14.3. The molecule has 0 aliphatic carbocycles. The molecule has 3 aromatic rings. The Labute approximate surface area is 145 Å². The van der Waals surface area contributed by atoms with Crippen LogP contribution in [0.1, 0.15) is 37.9 Å². The van der Waals surface area contributed by atoms with E-state index in [1.165, 1.54) is 0 Å². The molecule has 2 aromatic heterocycles. The predicted molar refractivity (Wildman–Crippen MR) is 91.1 cm³/mol. The number of hydrogen-bond donors (Lipinski definition) is 0. The van der Waals surface area contributed by atoms with Gasteiger partial charge in [0.15, 0.2) is 12.4 Å². The van der Waals surface area contributed by atoms with E-state index in [1.54, 1.807) is 43.3 Å². The van der Waals surface area contributed by atoms with Crippen molar-refractivity contribution in [2.24, 2.45) is 0 Å². The lowest BCUT2D eigenvalue weighted by atomic mass is 10.1. The van der Waals surface area contributed by atoms with Crippen molar-refractivity contribution in [3.05, 3.63) is 70.7 Å². The van der Waals surface area contributed by atoms with E-state index in [0.29, 0.717) is 22.7 Å². The molecule has 1 aromatic carbocycles. The van der Waals surface area contributed by atoms with E-state index >= 15 is 0 Å². The molecule has 0 aliphatic rings. The van der Waals surface area contributed by atoms with Crippen LogP contribution in [0.25, 0.3) is 5.82 Å². The van der Waals surface area contributed by atoms with Crippen LogP contribution in [0, 0.1) is 20.8 Å². The van der Waals surface area contributed by atoms with Crippen molar-refractivity contribution in [1.29, 1.82) is 0 Å². The molecule has 6 nitrogen and oxygen atoms in total. The summed E-state index contributed by atoms with van der Waals surface area (Å²) in [6, 6.07) is 12.1. The van der Waals surface area contributed by atoms with Crippen molar-refractivity contribution < 1.29 is 18.8 Å².